The predicted molar refractivity (Wildman–Crippen MR) is 93.8 cm³/mol. The molecular weight excluding hydrogens is 364 g/mol. The third-order valence-corrected chi connectivity index (χ3v) is 4.07. The van der Waals surface area contributed by atoms with Gasteiger partial charge >= 0.3 is 12.6 Å². The van der Waals surface area contributed by atoms with Crippen molar-refractivity contribution in [3.63, 3.8) is 0 Å². The first-order valence-corrected chi connectivity index (χ1v) is 8.55. The summed E-state index contributed by atoms with van der Waals surface area (Å²) in [5.74, 6) is -1.05. The minimum atomic E-state index is -2.89. The average molecular weight is 381 g/mol. The Balaban J connectivity index is 1.79. The first-order chi connectivity index (χ1) is 12.4. The van der Waals surface area contributed by atoms with E-state index in [1.807, 2.05) is 17.5 Å². The van der Waals surface area contributed by atoms with Crippen LogP contribution in [0.4, 0.5) is 8.78 Å². The summed E-state index contributed by atoms with van der Waals surface area (Å²) in [6, 6.07) is 9.52. The van der Waals surface area contributed by atoms with Gasteiger partial charge in [0.25, 0.3) is 5.91 Å². The van der Waals surface area contributed by atoms with Crippen LogP contribution in [0.5, 0.6) is 5.75 Å². The van der Waals surface area contributed by atoms with Gasteiger partial charge < -0.3 is 14.8 Å². The maximum Gasteiger partial charge on any atom is 0.387 e. The zero-order valence-electron chi connectivity index (χ0n) is 13.9. The molecule has 2 rings (SSSR count). The van der Waals surface area contributed by atoms with Gasteiger partial charge in [0.1, 0.15) is 5.75 Å². The number of esters is 1. The Labute approximate surface area is 153 Å². The van der Waals surface area contributed by atoms with Crippen LogP contribution in [0.25, 0.3) is 6.08 Å². The topological polar surface area (TPSA) is 64.6 Å². The van der Waals surface area contributed by atoms with Gasteiger partial charge in [0, 0.05) is 11.0 Å². The minimum Gasteiger partial charge on any atom is -0.449 e. The molecule has 8 heteroatoms. The van der Waals surface area contributed by atoms with Crippen LogP contribution in [-0.4, -0.2) is 24.6 Å². The first kappa shape index (κ1) is 19.6. The predicted octanol–water partition coefficient (Wildman–Crippen LogP) is 3.61. The van der Waals surface area contributed by atoms with Crippen LogP contribution >= 0.6 is 11.3 Å². The summed E-state index contributed by atoms with van der Waals surface area (Å²) in [6.07, 6.45) is 1.67. The quantitative estimate of drug-likeness (QED) is 0.560. The number of thiophene rings is 1. The number of ether oxygens (including phenoxy) is 2. The van der Waals surface area contributed by atoms with Gasteiger partial charge in [-0.25, -0.2) is 4.79 Å². The molecule has 0 saturated heterocycles. The first-order valence-electron chi connectivity index (χ1n) is 7.67. The summed E-state index contributed by atoms with van der Waals surface area (Å²) in [7, 11) is 0. The van der Waals surface area contributed by atoms with Crippen molar-refractivity contribution in [3.05, 3.63) is 58.3 Å². The Kier molecular flexibility index (Phi) is 7.28. The SMILES string of the molecule is C[C@@H](OC(=O)/C=C/c1ccc(OC(F)F)cc1)C(=O)NCc1cccs1. The van der Waals surface area contributed by atoms with E-state index in [4.69, 9.17) is 4.74 Å². The number of amides is 1. The van der Waals surface area contributed by atoms with Crippen LogP contribution in [-0.2, 0) is 20.9 Å². The van der Waals surface area contributed by atoms with Gasteiger partial charge in [0.15, 0.2) is 6.10 Å². The van der Waals surface area contributed by atoms with Gasteiger partial charge in [-0.1, -0.05) is 18.2 Å². The van der Waals surface area contributed by atoms with Gasteiger partial charge in [-0.05, 0) is 42.1 Å². The molecular formula is C18H17F2NO4S. The second-order valence-corrected chi connectivity index (χ2v) is 6.19. The molecule has 0 saturated carbocycles. The second-order valence-electron chi connectivity index (χ2n) is 5.16. The number of nitrogens with one attached hydrogen (secondary N) is 1. The van der Waals surface area contributed by atoms with E-state index >= 15 is 0 Å². The Morgan fingerprint density at radius 3 is 2.58 bits per heavy atom. The van der Waals surface area contributed by atoms with Crippen molar-refractivity contribution in [2.45, 2.75) is 26.2 Å². The lowest BCUT2D eigenvalue weighted by atomic mass is 10.2. The number of rotatable bonds is 8. The molecule has 0 aliphatic carbocycles. The molecule has 1 atom stereocenters. The number of hydrogen-bond acceptors (Lipinski definition) is 5. The lowest BCUT2D eigenvalue weighted by Crippen LogP contribution is -2.34. The molecule has 1 aromatic carbocycles. The van der Waals surface area contributed by atoms with Crippen LogP contribution in [0.3, 0.4) is 0 Å². The highest BCUT2D eigenvalue weighted by molar-refractivity contribution is 7.09. The van der Waals surface area contributed by atoms with Crippen molar-refractivity contribution >= 4 is 29.3 Å². The molecule has 0 spiro atoms. The largest absolute Gasteiger partial charge is 0.449 e. The summed E-state index contributed by atoms with van der Waals surface area (Å²) < 4.78 is 33.4. The molecule has 1 aromatic heterocycles. The molecule has 138 valence electrons. The van der Waals surface area contributed by atoms with E-state index in [-0.39, 0.29) is 5.75 Å². The highest BCUT2D eigenvalue weighted by atomic mass is 32.1. The van der Waals surface area contributed by atoms with Gasteiger partial charge in [0.05, 0.1) is 6.54 Å². The van der Waals surface area contributed by atoms with E-state index in [2.05, 4.69) is 10.1 Å². The molecule has 0 unspecified atom stereocenters. The summed E-state index contributed by atoms with van der Waals surface area (Å²) in [4.78, 5) is 24.7. The fourth-order valence-corrected chi connectivity index (χ4v) is 2.57. The highest BCUT2D eigenvalue weighted by Gasteiger charge is 2.16. The Morgan fingerprint density at radius 2 is 1.96 bits per heavy atom. The van der Waals surface area contributed by atoms with Crippen molar-refractivity contribution in [1.82, 2.24) is 5.32 Å². The summed E-state index contributed by atoms with van der Waals surface area (Å²) in [5.41, 5.74) is 0.596. The fourth-order valence-electron chi connectivity index (χ4n) is 1.92. The number of hydrogen-bond donors (Lipinski definition) is 1. The van der Waals surface area contributed by atoms with Crippen molar-refractivity contribution in [1.29, 1.82) is 0 Å². The monoisotopic (exact) mass is 381 g/mol. The number of benzene rings is 1. The van der Waals surface area contributed by atoms with Crippen LogP contribution in [0, 0.1) is 0 Å². The second kappa shape index (κ2) is 9.67. The molecule has 2 aromatic rings. The van der Waals surface area contributed by atoms with Crippen LogP contribution in [0.15, 0.2) is 47.9 Å². The van der Waals surface area contributed by atoms with E-state index in [9.17, 15) is 18.4 Å². The Bertz CT molecular complexity index is 745. The standard InChI is InChI=1S/C18H17F2NO4S/c1-12(17(23)21-11-15-3-2-10-26-15)24-16(22)9-6-13-4-7-14(8-5-13)25-18(19)20/h2-10,12,18H,11H2,1H3,(H,21,23)/b9-6+/t12-/m1/s1. The molecule has 1 amide bonds. The van der Waals surface area contributed by atoms with E-state index in [0.29, 0.717) is 12.1 Å². The van der Waals surface area contributed by atoms with E-state index in [1.54, 1.807) is 0 Å². The van der Waals surface area contributed by atoms with Crippen molar-refractivity contribution in [2.24, 2.45) is 0 Å². The lowest BCUT2D eigenvalue weighted by Gasteiger charge is -2.11. The van der Waals surface area contributed by atoms with E-state index in [0.717, 1.165) is 11.0 Å². The fraction of sp³-hybridized carbons (Fsp3) is 0.222. The van der Waals surface area contributed by atoms with Crippen LogP contribution < -0.4 is 10.1 Å². The normalized spacial score (nSPS) is 12.2. The van der Waals surface area contributed by atoms with Crippen molar-refractivity contribution < 1.29 is 27.8 Å². The van der Waals surface area contributed by atoms with Crippen LogP contribution in [0.1, 0.15) is 17.4 Å². The zero-order chi connectivity index (χ0) is 18.9. The molecule has 1 N–H and O–H groups in total. The van der Waals surface area contributed by atoms with Gasteiger partial charge in [-0.15, -0.1) is 11.3 Å². The molecule has 0 bridgehead atoms. The number of carbonyl (C=O) groups is 2. The third kappa shape index (κ3) is 6.64. The summed E-state index contributed by atoms with van der Waals surface area (Å²) in [6.45, 7) is -1.04. The Hall–Kier alpha value is -2.74. The average Bonchev–Trinajstić information content (AvgIpc) is 3.12. The summed E-state index contributed by atoms with van der Waals surface area (Å²) in [5, 5.41) is 4.59. The van der Waals surface area contributed by atoms with Crippen LogP contribution in [0.2, 0.25) is 0 Å². The number of alkyl halides is 2. The zero-order valence-corrected chi connectivity index (χ0v) is 14.7. The number of halogens is 2. The van der Waals surface area contributed by atoms with E-state index < -0.39 is 24.6 Å². The molecule has 0 aliphatic rings. The lowest BCUT2D eigenvalue weighted by molar-refractivity contribution is -0.150. The molecule has 26 heavy (non-hydrogen) atoms. The van der Waals surface area contributed by atoms with Gasteiger partial charge in [0.2, 0.25) is 0 Å². The molecule has 0 radical (unpaired) electrons. The molecule has 0 fully saturated rings. The smallest absolute Gasteiger partial charge is 0.387 e. The summed E-state index contributed by atoms with van der Waals surface area (Å²) >= 11 is 1.52. The van der Waals surface area contributed by atoms with Crippen molar-refractivity contribution in [2.75, 3.05) is 0 Å². The number of carbonyl (C=O) groups excluding carboxylic acids is 2. The maximum atomic E-state index is 12.1. The maximum absolute atomic E-state index is 12.1. The molecule has 5 nitrogen and oxygen atoms in total. The molecule has 1 heterocycles. The highest BCUT2D eigenvalue weighted by Crippen LogP contribution is 2.15. The van der Waals surface area contributed by atoms with E-state index in [1.165, 1.54) is 48.6 Å². The van der Waals surface area contributed by atoms with Gasteiger partial charge in [-0.2, -0.15) is 8.78 Å². The third-order valence-electron chi connectivity index (χ3n) is 3.20. The van der Waals surface area contributed by atoms with Crippen molar-refractivity contribution in [3.8, 4) is 5.75 Å². The Morgan fingerprint density at radius 1 is 1.23 bits per heavy atom. The van der Waals surface area contributed by atoms with Gasteiger partial charge in [-0.3, -0.25) is 4.79 Å². The minimum absolute atomic E-state index is 0.0239. The molecule has 0 aliphatic heterocycles.